The molecular weight excluding hydrogens is 380 g/mol. The Morgan fingerprint density at radius 1 is 1.04 bits per heavy atom. The maximum Gasteiger partial charge on any atom is 0.414 e. The highest BCUT2D eigenvalue weighted by Gasteiger charge is 2.48. The second-order valence-corrected chi connectivity index (χ2v) is 5.79. The lowest BCUT2D eigenvalue weighted by atomic mass is 9.99. The molecule has 5 atom stereocenters. The van der Waals surface area contributed by atoms with Crippen molar-refractivity contribution >= 4 is 23.8 Å². The summed E-state index contributed by atoms with van der Waals surface area (Å²) in [5, 5.41) is 42.6. The summed E-state index contributed by atoms with van der Waals surface area (Å²) in [6, 6.07) is 6.12. The van der Waals surface area contributed by atoms with Gasteiger partial charge in [-0.1, -0.05) is 12.1 Å². The first kappa shape index (κ1) is 21.4. The summed E-state index contributed by atoms with van der Waals surface area (Å²) >= 11 is 0. The van der Waals surface area contributed by atoms with Crippen LogP contribution in [0.3, 0.4) is 0 Å². The molecule has 1 fully saturated rings. The third-order valence-electron chi connectivity index (χ3n) is 3.81. The maximum atomic E-state index is 11.9. The fourth-order valence-electron chi connectivity index (χ4n) is 2.31. The molecule has 0 saturated carbocycles. The van der Waals surface area contributed by atoms with E-state index in [1.807, 2.05) is 0 Å². The first-order valence-electron chi connectivity index (χ1n) is 8.06. The highest BCUT2D eigenvalue weighted by atomic mass is 16.7. The smallest absolute Gasteiger partial charge is 0.414 e. The van der Waals surface area contributed by atoms with E-state index >= 15 is 0 Å². The van der Waals surface area contributed by atoms with Crippen molar-refractivity contribution in [3.63, 3.8) is 0 Å². The number of nitrogens with one attached hydrogen (secondary N) is 2. The normalized spacial score (nSPS) is 26.8. The van der Waals surface area contributed by atoms with Gasteiger partial charge in [-0.25, -0.2) is 14.4 Å². The van der Waals surface area contributed by atoms with Crippen LogP contribution in [0.1, 0.15) is 5.56 Å². The van der Waals surface area contributed by atoms with Gasteiger partial charge in [0.2, 0.25) is 6.29 Å². The van der Waals surface area contributed by atoms with E-state index in [1.54, 1.807) is 12.1 Å². The second-order valence-electron chi connectivity index (χ2n) is 5.79. The molecule has 1 saturated heterocycles. The number of carboxylic acid groups (broad SMARTS) is 1. The van der Waals surface area contributed by atoms with Gasteiger partial charge in [0.1, 0.15) is 24.9 Å². The number of benzene rings is 1. The van der Waals surface area contributed by atoms with Crippen LogP contribution in [-0.2, 0) is 25.6 Å². The monoisotopic (exact) mass is 400 g/mol. The zero-order valence-electron chi connectivity index (χ0n) is 14.6. The summed E-state index contributed by atoms with van der Waals surface area (Å²) in [5.74, 6) is -1.60. The molecule has 0 bridgehead atoms. The number of hydrogen-bond acceptors (Lipinski definition) is 9. The molecule has 12 nitrogen and oxygen atoms in total. The maximum absolute atomic E-state index is 11.9. The lowest BCUT2D eigenvalue weighted by Crippen LogP contribution is -2.60. The van der Waals surface area contributed by atoms with Crippen molar-refractivity contribution in [3.05, 3.63) is 29.8 Å². The summed E-state index contributed by atoms with van der Waals surface area (Å²) < 4.78 is 14.5. The predicted molar refractivity (Wildman–Crippen MR) is 90.1 cm³/mol. The Hall–Kier alpha value is -2.93. The molecule has 0 radical (unpaired) electrons. The van der Waals surface area contributed by atoms with Crippen molar-refractivity contribution in [1.29, 1.82) is 0 Å². The van der Waals surface area contributed by atoms with Crippen LogP contribution < -0.4 is 10.6 Å². The molecule has 1 aliphatic heterocycles. The molecule has 1 aromatic carbocycles. The average molecular weight is 400 g/mol. The van der Waals surface area contributed by atoms with E-state index < -0.39 is 48.9 Å². The van der Waals surface area contributed by atoms with Gasteiger partial charge in [-0.2, -0.15) is 0 Å². The minimum atomic E-state index is -1.89. The fraction of sp³-hybridized carbons (Fsp3) is 0.438. The van der Waals surface area contributed by atoms with E-state index in [-0.39, 0.29) is 12.3 Å². The van der Waals surface area contributed by atoms with Crippen LogP contribution in [-0.4, -0.2) is 76.3 Å². The molecular formula is C16H20N2O10. The lowest BCUT2D eigenvalue weighted by Gasteiger charge is -2.37. The van der Waals surface area contributed by atoms with Crippen molar-refractivity contribution in [1.82, 2.24) is 5.32 Å². The number of aliphatic carboxylic acids is 1. The SMILES string of the molecule is CNC(=O)OCc1ccc(NC(=O)OC2OC(C(=O)O)C(O)C(O)C2O)cc1. The number of aliphatic hydroxyl groups is 3. The quantitative estimate of drug-likeness (QED) is 0.358. The molecule has 12 heteroatoms. The summed E-state index contributed by atoms with van der Waals surface area (Å²) in [4.78, 5) is 34.0. The van der Waals surface area contributed by atoms with Gasteiger partial charge in [-0.3, -0.25) is 5.32 Å². The van der Waals surface area contributed by atoms with E-state index in [9.17, 15) is 29.7 Å². The molecule has 6 N–H and O–H groups in total. The van der Waals surface area contributed by atoms with E-state index in [0.29, 0.717) is 5.56 Å². The Balaban J connectivity index is 1.92. The number of carbonyl (C=O) groups is 3. The number of ether oxygens (including phenoxy) is 3. The zero-order valence-corrected chi connectivity index (χ0v) is 14.6. The fourth-order valence-corrected chi connectivity index (χ4v) is 2.31. The first-order chi connectivity index (χ1) is 13.2. The average Bonchev–Trinajstić information content (AvgIpc) is 2.67. The number of alkyl carbamates (subject to hydrolysis) is 1. The number of carbonyl (C=O) groups excluding carboxylic acids is 2. The minimum Gasteiger partial charge on any atom is -0.479 e. The molecule has 154 valence electrons. The van der Waals surface area contributed by atoms with Gasteiger partial charge in [-0.15, -0.1) is 0 Å². The van der Waals surface area contributed by atoms with E-state index in [0.717, 1.165) is 0 Å². The molecule has 1 aromatic rings. The molecule has 0 aliphatic carbocycles. The Morgan fingerprint density at radius 3 is 2.25 bits per heavy atom. The van der Waals surface area contributed by atoms with Crippen LogP contribution in [0.25, 0.3) is 0 Å². The standard InChI is InChI=1S/C16H20N2O10/c1-17-15(24)26-6-7-2-4-8(5-3-7)18-16(25)28-14-11(21)9(19)10(20)12(27-14)13(22)23/h2-5,9-12,14,19-21H,6H2,1H3,(H,17,24)(H,18,25)(H,22,23). The number of carboxylic acids is 1. The Labute approximate surface area is 158 Å². The summed E-state index contributed by atoms with van der Waals surface area (Å²) in [5.41, 5.74) is 0.935. The summed E-state index contributed by atoms with van der Waals surface area (Å²) in [6.07, 6.45) is -11.0. The van der Waals surface area contributed by atoms with Crippen molar-refractivity contribution in [3.8, 4) is 0 Å². The van der Waals surface area contributed by atoms with Crippen LogP contribution >= 0.6 is 0 Å². The highest BCUT2D eigenvalue weighted by molar-refractivity contribution is 5.84. The largest absolute Gasteiger partial charge is 0.479 e. The minimum absolute atomic E-state index is 0.0172. The predicted octanol–water partition coefficient (Wildman–Crippen LogP) is -1.02. The molecule has 1 aliphatic rings. The van der Waals surface area contributed by atoms with Crippen molar-refractivity contribution < 1.29 is 49.0 Å². The van der Waals surface area contributed by atoms with Crippen LogP contribution in [0.4, 0.5) is 15.3 Å². The van der Waals surface area contributed by atoms with E-state index in [1.165, 1.54) is 19.2 Å². The number of rotatable bonds is 5. The van der Waals surface area contributed by atoms with E-state index in [4.69, 9.17) is 19.3 Å². The Morgan fingerprint density at radius 2 is 1.68 bits per heavy atom. The van der Waals surface area contributed by atoms with Gasteiger partial charge in [-0.05, 0) is 17.7 Å². The lowest BCUT2D eigenvalue weighted by molar-refractivity contribution is -0.277. The molecule has 28 heavy (non-hydrogen) atoms. The molecule has 2 amide bonds. The number of aliphatic hydroxyl groups excluding tert-OH is 3. The van der Waals surface area contributed by atoms with Crippen molar-refractivity contribution in [2.45, 2.75) is 37.3 Å². The van der Waals surface area contributed by atoms with Gasteiger partial charge in [0.25, 0.3) is 0 Å². The number of amides is 2. The highest BCUT2D eigenvalue weighted by Crippen LogP contribution is 2.23. The number of anilines is 1. The first-order valence-corrected chi connectivity index (χ1v) is 8.06. The summed E-state index contributed by atoms with van der Waals surface area (Å²) in [6.45, 7) is 0.0172. The van der Waals surface area contributed by atoms with E-state index in [2.05, 4.69) is 10.6 Å². The van der Waals surface area contributed by atoms with Gasteiger partial charge in [0.05, 0.1) is 0 Å². The van der Waals surface area contributed by atoms with Crippen molar-refractivity contribution in [2.24, 2.45) is 0 Å². The van der Waals surface area contributed by atoms with Crippen LogP contribution in [0.5, 0.6) is 0 Å². The van der Waals surface area contributed by atoms with Gasteiger partial charge in [0.15, 0.2) is 6.10 Å². The van der Waals surface area contributed by atoms with Crippen LogP contribution in [0.15, 0.2) is 24.3 Å². The summed E-state index contributed by atoms with van der Waals surface area (Å²) in [7, 11) is 1.42. The number of hydrogen-bond donors (Lipinski definition) is 6. The molecule has 0 spiro atoms. The molecule has 5 unspecified atom stereocenters. The van der Waals surface area contributed by atoms with Crippen LogP contribution in [0, 0.1) is 0 Å². The van der Waals surface area contributed by atoms with Gasteiger partial charge in [0, 0.05) is 12.7 Å². The van der Waals surface area contributed by atoms with Gasteiger partial charge < -0.3 is 40.0 Å². The third-order valence-corrected chi connectivity index (χ3v) is 3.81. The molecule has 1 heterocycles. The Kier molecular flexibility index (Phi) is 7.12. The van der Waals surface area contributed by atoms with Gasteiger partial charge >= 0.3 is 18.2 Å². The third kappa shape index (κ3) is 5.29. The molecule has 0 aromatic heterocycles. The second kappa shape index (κ2) is 9.32. The molecule has 2 rings (SSSR count). The topological polar surface area (TPSA) is 184 Å². The Bertz CT molecular complexity index is 710. The zero-order chi connectivity index (χ0) is 20.8. The van der Waals surface area contributed by atoms with Crippen molar-refractivity contribution in [2.75, 3.05) is 12.4 Å². The van der Waals surface area contributed by atoms with Crippen LogP contribution in [0.2, 0.25) is 0 Å².